The Labute approximate surface area is 94.8 Å². The molecule has 0 aromatic rings. The number of ether oxygens (including phenoxy) is 1. The summed E-state index contributed by atoms with van der Waals surface area (Å²) < 4.78 is 4.94. The molecular formula is C10H18N2O4. The molecule has 0 radical (unpaired) electrons. The summed E-state index contributed by atoms with van der Waals surface area (Å²) in [5.74, 6) is -1.19. The maximum atomic E-state index is 11.6. The highest BCUT2D eigenvalue weighted by Gasteiger charge is 2.20. The molecule has 1 atom stereocenters. The highest BCUT2D eigenvalue weighted by atomic mass is 16.5. The summed E-state index contributed by atoms with van der Waals surface area (Å²) in [6.45, 7) is 4.32. The lowest BCUT2D eigenvalue weighted by atomic mass is 10.3. The van der Waals surface area contributed by atoms with E-state index in [1.165, 1.54) is 6.92 Å². The largest absolute Gasteiger partial charge is 0.479 e. The molecule has 0 bridgehead atoms. The zero-order valence-corrected chi connectivity index (χ0v) is 9.68. The lowest BCUT2D eigenvalue weighted by Gasteiger charge is -2.32. The Balaban J connectivity index is 2.27. The van der Waals surface area contributed by atoms with Crippen molar-refractivity contribution in [3.05, 3.63) is 0 Å². The van der Waals surface area contributed by atoms with Gasteiger partial charge >= 0.3 is 5.97 Å². The topological polar surface area (TPSA) is 70.1 Å². The molecule has 1 saturated heterocycles. The van der Waals surface area contributed by atoms with Gasteiger partial charge in [-0.25, -0.2) is 4.79 Å². The Morgan fingerprint density at radius 2 is 1.88 bits per heavy atom. The third-order valence-electron chi connectivity index (χ3n) is 2.66. The van der Waals surface area contributed by atoms with Gasteiger partial charge in [-0.1, -0.05) is 0 Å². The van der Waals surface area contributed by atoms with E-state index in [2.05, 4.69) is 4.90 Å². The van der Waals surface area contributed by atoms with Crippen LogP contribution in [0.2, 0.25) is 0 Å². The van der Waals surface area contributed by atoms with Crippen LogP contribution < -0.4 is 0 Å². The number of piperazine rings is 1. The fourth-order valence-corrected chi connectivity index (χ4v) is 1.41. The standard InChI is InChI=1S/C10H18N2O4/c1-8(10(14)15)16-7-9(13)12-5-3-11(2)4-6-12/h8H,3-7H2,1-2H3,(H,14,15)/t8-/m1/s1. The van der Waals surface area contributed by atoms with Crippen molar-refractivity contribution < 1.29 is 19.4 Å². The Morgan fingerprint density at radius 3 is 2.38 bits per heavy atom. The van der Waals surface area contributed by atoms with Crippen LogP contribution in [0.4, 0.5) is 0 Å². The summed E-state index contributed by atoms with van der Waals surface area (Å²) in [4.78, 5) is 25.9. The molecule has 1 aliphatic heterocycles. The van der Waals surface area contributed by atoms with Crippen molar-refractivity contribution in [3.8, 4) is 0 Å². The van der Waals surface area contributed by atoms with Crippen LogP contribution in [0, 0.1) is 0 Å². The minimum atomic E-state index is -1.05. The second-order valence-corrected chi connectivity index (χ2v) is 3.98. The van der Waals surface area contributed by atoms with E-state index in [0.717, 1.165) is 13.1 Å². The first kappa shape index (κ1) is 12.9. The third kappa shape index (κ3) is 3.79. The minimum absolute atomic E-state index is 0.138. The molecule has 1 heterocycles. The van der Waals surface area contributed by atoms with E-state index in [0.29, 0.717) is 13.1 Å². The van der Waals surface area contributed by atoms with Gasteiger partial charge in [0.2, 0.25) is 5.91 Å². The van der Waals surface area contributed by atoms with E-state index >= 15 is 0 Å². The van der Waals surface area contributed by atoms with Crippen molar-refractivity contribution in [3.63, 3.8) is 0 Å². The Bertz CT molecular complexity index is 262. The quantitative estimate of drug-likeness (QED) is 0.688. The molecule has 0 saturated carbocycles. The lowest BCUT2D eigenvalue weighted by Crippen LogP contribution is -2.48. The zero-order valence-electron chi connectivity index (χ0n) is 9.68. The number of amides is 1. The number of likely N-dealkylation sites (N-methyl/N-ethyl adjacent to an activating group) is 1. The molecule has 1 rings (SSSR count). The number of rotatable bonds is 4. The SMILES string of the molecule is C[C@@H](OCC(=O)N1CCN(C)CC1)C(=O)O. The van der Waals surface area contributed by atoms with Crippen molar-refractivity contribution >= 4 is 11.9 Å². The van der Waals surface area contributed by atoms with Crippen LogP contribution in [0.3, 0.4) is 0 Å². The minimum Gasteiger partial charge on any atom is -0.479 e. The molecule has 92 valence electrons. The van der Waals surface area contributed by atoms with Gasteiger partial charge in [0.25, 0.3) is 0 Å². The highest BCUT2D eigenvalue weighted by Crippen LogP contribution is 2.01. The second-order valence-electron chi connectivity index (χ2n) is 3.98. The first-order chi connectivity index (χ1) is 7.50. The molecule has 1 N–H and O–H groups in total. The zero-order chi connectivity index (χ0) is 12.1. The van der Waals surface area contributed by atoms with E-state index in [4.69, 9.17) is 9.84 Å². The normalized spacial score (nSPS) is 19.5. The molecule has 0 aliphatic carbocycles. The van der Waals surface area contributed by atoms with Gasteiger partial charge < -0.3 is 19.6 Å². The van der Waals surface area contributed by atoms with E-state index in [1.807, 2.05) is 7.05 Å². The van der Waals surface area contributed by atoms with Gasteiger partial charge in [0, 0.05) is 26.2 Å². The van der Waals surface area contributed by atoms with Crippen LogP contribution in [-0.2, 0) is 14.3 Å². The van der Waals surface area contributed by atoms with Crippen LogP contribution >= 0.6 is 0 Å². The van der Waals surface area contributed by atoms with Crippen molar-refractivity contribution in [1.82, 2.24) is 9.80 Å². The highest BCUT2D eigenvalue weighted by molar-refractivity contribution is 5.78. The summed E-state index contributed by atoms with van der Waals surface area (Å²) in [7, 11) is 2.00. The Morgan fingerprint density at radius 1 is 1.31 bits per heavy atom. The van der Waals surface area contributed by atoms with Crippen LogP contribution in [0.5, 0.6) is 0 Å². The molecule has 0 unspecified atom stereocenters. The maximum absolute atomic E-state index is 11.6. The van der Waals surface area contributed by atoms with Gasteiger partial charge in [-0.3, -0.25) is 4.79 Å². The first-order valence-corrected chi connectivity index (χ1v) is 5.31. The van der Waals surface area contributed by atoms with Crippen LogP contribution in [0.1, 0.15) is 6.92 Å². The van der Waals surface area contributed by atoms with Crippen molar-refractivity contribution in [2.75, 3.05) is 39.8 Å². The number of hydrogen-bond acceptors (Lipinski definition) is 4. The number of carboxylic acids is 1. The Hall–Kier alpha value is -1.14. The molecule has 1 amide bonds. The summed E-state index contributed by atoms with van der Waals surface area (Å²) in [6, 6.07) is 0. The number of carboxylic acid groups (broad SMARTS) is 1. The van der Waals surface area contributed by atoms with E-state index in [-0.39, 0.29) is 12.5 Å². The summed E-state index contributed by atoms with van der Waals surface area (Å²) in [5, 5.41) is 8.58. The maximum Gasteiger partial charge on any atom is 0.332 e. The number of carbonyl (C=O) groups is 2. The first-order valence-electron chi connectivity index (χ1n) is 5.31. The number of nitrogens with zero attached hydrogens (tertiary/aromatic N) is 2. The Kier molecular flexibility index (Phi) is 4.70. The van der Waals surface area contributed by atoms with Crippen LogP contribution in [0.15, 0.2) is 0 Å². The van der Waals surface area contributed by atoms with Gasteiger partial charge in [0.15, 0.2) is 6.10 Å². The molecule has 0 aromatic carbocycles. The van der Waals surface area contributed by atoms with Gasteiger partial charge in [0.05, 0.1) is 0 Å². The van der Waals surface area contributed by atoms with Gasteiger partial charge in [-0.15, -0.1) is 0 Å². The molecule has 6 nitrogen and oxygen atoms in total. The molecule has 16 heavy (non-hydrogen) atoms. The number of aliphatic carboxylic acids is 1. The molecule has 1 fully saturated rings. The van der Waals surface area contributed by atoms with E-state index < -0.39 is 12.1 Å². The van der Waals surface area contributed by atoms with Crippen LogP contribution in [-0.4, -0.2) is 72.7 Å². The number of carbonyl (C=O) groups excluding carboxylic acids is 1. The van der Waals surface area contributed by atoms with Crippen molar-refractivity contribution in [2.45, 2.75) is 13.0 Å². The predicted octanol–water partition coefficient (Wildman–Crippen LogP) is -0.750. The van der Waals surface area contributed by atoms with Gasteiger partial charge in [-0.05, 0) is 14.0 Å². The number of hydrogen-bond donors (Lipinski definition) is 1. The monoisotopic (exact) mass is 230 g/mol. The van der Waals surface area contributed by atoms with Crippen molar-refractivity contribution in [1.29, 1.82) is 0 Å². The summed E-state index contributed by atoms with van der Waals surface area (Å²) in [5.41, 5.74) is 0. The van der Waals surface area contributed by atoms with Gasteiger partial charge in [-0.2, -0.15) is 0 Å². The summed E-state index contributed by atoms with van der Waals surface area (Å²) >= 11 is 0. The van der Waals surface area contributed by atoms with E-state index in [9.17, 15) is 9.59 Å². The summed E-state index contributed by atoms with van der Waals surface area (Å²) in [6.07, 6.45) is -0.934. The third-order valence-corrected chi connectivity index (χ3v) is 2.66. The van der Waals surface area contributed by atoms with Crippen LogP contribution in [0.25, 0.3) is 0 Å². The predicted molar refractivity (Wildman–Crippen MR) is 57.1 cm³/mol. The fraction of sp³-hybridized carbons (Fsp3) is 0.800. The lowest BCUT2D eigenvalue weighted by molar-refractivity contribution is -0.153. The molecule has 0 aromatic heterocycles. The average Bonchev–Trinajstić information content (AvgIpc) is 2.26. The second kappa shape index (κ2) is 5.81. The van der Waals surface area contributed by atoms with E-state index in [1.54, 1.807) is 4.90 Å². The molecular weight excluding hydrogens is 212 g/mol. The average molecular weight is 230 g/mol. The molecule has 0 spiro atoms. The van der Waals surface area contributed by atoms with Gasteiger partial charge in [0.1, 0.15) is 6.61 Å². The fourth-order valence-electron chi connectivity index (χ4n) is 1.41. The molecule has 1 aliphatic rings. The molecule has 6 heteroatoms. The smallest absolute Gasteiger partial charge is 0.332 e. The van der Waals surface area contributed by atoms with Crippen molar-refractivity contribution in [2.24, 2.45) is 0 Å².